The third kappa shape index (κ3) is 3.28. The predicted octanol–water partition coefficient (Wildman–Crippen LogP) is 3.50. The molecule has 0 fully saturated rings. The molecule has 4 nitrogen and oxygen atoms in total. The Balaban J connectivity index is 2.04. The average molecular weight is 355 g/mol. The zero-order chi connectivity index (χ0) is 17.5. The lowest BCUT2D eigenvalue weighted by Crippen LogP contribution is -2.25. The molecule has 0 atom stereocenters. The van der Waals surface area contributed by atoms with Gasteiger partial charge in [-0.2, -0.15) is 21.6 Å². The van der Waals surface area contributed by atoms with Crippen molar-refractivity contribution in [2.24, 2.45) is 5.16 Å². The monoisotopic (exact) mass is 355 g/mol. The zero-order valence-electron chi connectivity index (χ0n) is 12.5. The second kappa shape index (κ2) is 5.62. The molecule has 126 valence electrons. The van der Waals surface area contributed by atoms with Gasteiger partial charge < -0.3 is 0 Å². The van der Waals surface area contributed by atoms with Crippen LogP contribution in [0.4, 0.5) is 13.2 Å². The molecule has 0 bridgehead atoms. The largest absolute Gasteiger partial charge is 0.437 e. The molecule has 8 heteroatoms. The maximum absolute atomic E-state index is 13.2. The van der Waals surface area contributed by atoms with E-state index < -0.39 is 22.0 Å². The summed E-state index contributed by atoms with van der Waals surface area (Å²) in [6, 6.07) is 11.8. The number of hydrogen-bond donors (Lipinski definition) is 0. The Hall–Kier alpha value is -2.35. The summed E-state index contributed by atoms with van der Waals surface area (Å²) >= 11 is 0. The Kier molecular flexibility index (Phi) is 3.87. The molecule has 0 saturated heterocycles. The van der Waals surface area contributed by atoms with Crippen LogP contribution in [0.15, 0.2) is 47.6 Å². The van der Waals surface area contributed by atoms with Crippen LogP contribution >= 0.6 is 0 Å². The van der Waals surface area contributed by atoms with E-state index in [1.54, 1.807) is 6.07 Å². The van der Waals surface area contributed by atoms with E-state index in [1.807, 2.05) is 24.3 Å². The molecule has 1 aliphatic carbocycles. The van der Waals surface area contributed by atoms with Crippen molar-refractivity contribution >= 4 is 15.8 Å². The molecular weight excluding hydrogens is 343 g/mol. The number of benzene rings is 2. The normalized spacial score (nSPS) is 14.2. The molecule has 3 rings (SSSR count). The Morgan fingerprint density at radius 2 is 1.75 bits per heavy atom. The van der Waals surface area contributed by atoms with Crippen LogP contribution < -0.4 is 0 Å². The minimum absolute atomic E-state index is 0.238. The lowest BCUT2D eigenvalue weighted by molar-refractivity contribution is -0.0596. The summed E-state index contributed by atoms with van der Waals surface area (Å²) in [5, 5.41) is 2.81. The van der Waals surface area contributed by atoms with Gasteiger partial charge in [0.25, 0.3) is 0 Å². The summed E-state index contributed by atoms with van der Waals surface area (Å²) in [4.78, 5) is 0. The van der Waals surface area contributed by atoms with Crippen molar-refractivity contribution in [3.8, 4) is 11.1 Å². The maximum Gasteiger partial charge on any atom is 0.437 e. The molecule has 2 aromatic rings. The molecule has 0 N–H and O–H groups in total. The topological polar surface area (TPSA) is 55.7 Å². The second-order valence-electron chi connectivity index (χ2n) is 5.42. The van der Waals surface area contributed by atoms with Crippen molar-refractivity contribution in [3.63, 3.8) is 0 Å². The Bertz CT molecular complexity index is 934. The quantitative estimate of drug-likeness (QED) is 0.534. The lowest BCUT2D eigenvalue weighted by atomic mass is 10.0. The first-order chi connectivity index (χ1) is 11.1. The van der Waals surface area contributed by atoms with Crippen LogP contribution in [0.5, 0.6) is 0 Å². The number of fused-ring (bicyclic) bond motifs is 3. The van der Waals surface area contributed by atoms with E-state index in [1.165, 1.54) is 12.1 Å². The second-order valence-corrected chi connectivity index (χ2v) is 6.98. The third-order valence-electron chi connectivity index (χ3n) is 3.60. The molecule has 1 aliphatic rings. The van der Waals surface area contributed by atoms with Crippen LogP contribution in [0.2, 0.25) is 0 Å². The number of rotatable bonds is 3. The van der Waals surface area contributed by atoms with Crippen molar-refractivity contribution in [2.75, 3.05) is 6.26 Å². The number of hydrogen-bond acceptors (Lipinski definition) is 4. The Labute approximate surface area is 136 Å². The molecule has 24 heavy (non-hydrogen) atoms. The van der Waals surface area contributed by atoms with Crippen molar-refractivity contribution in [2.45, 2.75) is 12.6 Å². The molecule has 0 aliphatic heterocycles. The highest BCUT2D eigenvalue weighted by molar-refractivity contribution is 7.85. The molecule has 2 aromatic carbocycles. The molecule has 0 spiro atoms. The van der Waals surface area contributed by atoms with E-state index in [0.717, 1.165) is 22.3 Å². The van der Waals surface area contributed by atoms with E-state index in [9.17, 15) is 21.6 Å². The number of halogens is 3. The number of oxime groups is 1. The predicted molar refractivity (Wildman–Crippen MR) is 83.2 cm³/mol. The van der Waals surface area contributed by atoms with Gasteiger partial charge in [0.05, 0.1) is 6.26 Å². The van der Waals surface area contributed by atoms with Gasteiger partial charge in [0, 0.05) is 5.56 Å². The first-order valence-corrected chi connectivity index (χ1v) is 8.72. The zero-order valence-corrected chi connectivity index (χ0v) is 13.3. The van der Waals surface area contributed by atoms with Gasteiger partial charge in [0.15, 0.2) is 5.71 Å². The van der Waals surface area contributed by atoms with Gasteiger partial charge in [-0.1, -0.05) is 41.6 Å². The van der Waals surface area contributed by atoms with Crippen LogP contribution in [0.25, 0.3) is 11.1 Å². The van der Waals surface area contributed by atoms with Crippen LogP contribution in [0, 0.1) is 0 Å². The average Bonchev–Trinajstić information content (AvgIpc) is 2.82. The summed E-state index contributed by atoms with van der Waals surface area (Å²) in [5.74, 6) is 0. The summed E-state index contributed by atoms with van der Waals surface area (Å²) in [6.45, 7) is 0. The fourth-order valence-corrected chi connectivity index (χ4v) is 2.88. The number of nitrogens with zero attached hydrogens (tertiary/aromatic N) is 1. The molecule has 0 heterocycles. The molecular formula is C16H12F3NO3S. The summed E-state index contributed by atoms with van der Waals surface area (Å²) in [7, 11) is -4.13. The van der Waals surface area contributed by atoms with Gasteiger partial charge in [-0.25, -0.2) is 0 Å². The molecule has 0 aromatic heterocycles. The van der Waals surface area contributed by atoms with E-state index in [-0.39, 0.29) is 5.56 Å². The third-order valence-corrected chi connectivity index (χ3v) is 3.94. The summed E-state index contributed by atoms with van der Waals surface area (Å²) in [5.41, 5.74) is 1.98. The Morgan fingerprint density at radius 1 is 1.08 bits per heavy atom. The van der Waals surface area contributed by atoms with Gasteiger partial charge >= 0.3 is 16.3 Å². The highest BCUT2D eigenvalue weighted by atomic mass is 32.2. The smallest absolute Gasteiger partial charge is 0.268 e. The molecule has 0 radical (unpaired) electrons. The standard InChI is InChI=1S/C16H12F3NO3S/c1-24(21,22)23-20-15(16(17,18)19)11-6-7-14-12(9-11)8-10-4-2-3-5-13(10)14/h2-7,9H,8H2,1H3/b20-15-. The van der Waals surface area contributed by atoms with Crippen LogP contribution in [0.1, 0.15) is 16.7 Å². The van der Waals surface area contributed by atoms with Crippen molar-refractivity contribution < 1.29 is 25.9 Å². The first kappa shape index (κ1) is 16.5. The van der Waals surface area contributed by atoms with Crippen molar-refractivity contribution in [3.05, 3.63) is 59.2 Å². The van der Waals surface area contributed by atoms with E-state index in [4.69, 9.17) is 0 Å². The van der Waals surface area contributed by atoms with Gasteiger partial charge in [0.2, 0.25) is 0 Å². The van der Waals surface area contributed by atoms with Crippen LogP contribution in [0.3, 0.4) is 0 Å². The fraction of sp³-hybridized carbons (Fsp3) is 0.188. The van der Waals surface area contributed by atoms with Crippen molar-refractivity contribution in [1.82, 2.24) is 0 Å². The minimum Gasteiger partial charge on any atom is -0.268 e. The van der Waals surface area contributed by atoms with Crippen molar-refractivity contribution in [1.29, 1.82) is 0 Å². The van der Waals surface area contributed by atoms with Crippen LogP contribution in [-0.4, -0.2) is 26.6 Å². The van der Waals surface area contributed by atoms with Gasteiger partial charge in [-0.15, -0.1) is 0 Å². The lowest BCUT2D eigenvalue weighted by Gasteiger charge is -2.11. The minimum atomic E-state index is -4.84. The summed E-state index contributed by atoms with van der Waals surface area (Å²) in [6.07, 6.45) is -3.70. The van der Waals surface area contributed by atoms with Crippen LogP contribution in [-0.2, 0) is 20.8 Å². The fourth-order valence-electron chi connectivity index (χ4n) is 2.67. The van der Waals surface area contributed by atoms with E-state index >= 15 is 0 Å². The Morgan fingerprint density at radius 3 is 2.42 bits per heavy atom. The van der Waals surface area contributed by atoms with E-state index in [2.05, 4.69) is 9.44 Å². The highest BCUT2D eigenvalue weighted by Crippen LogP contribution is 2.37. The van der Waals surface area contributed by atoms with E-state index in [0.29, 0.717) is 12.7 Å². The first-order valence-electron chi connectivity index (χ1n) is 6.90. The van der Waals surface area contributed by atoms with Gasteiger partial charge in [-0.05, 0) is 34.7 Å². The number of alkyl halides is 3. The summed E-state index contributed by atoms with van der Waals surface area (Å²) < 4.78 is 65.4. The highest BCUT2D eigenvalue weighted by Gasteiger charge is 2.38. The SMILES string of the molecule is CS(=O)(=O)O/N=C(/c1ccc2c(c1)Cc1ccccc1-2)C(F)(F)F. The molecule has 0 saturated carbocycles. The molecule has 0 amide bonds. The van der Waals surface area contributed by atoms with Gasteiger partial charge in [0.1, 0.15) is 0 Å². The maximum atomic E-state index is 13.2. The van der Waals surface area contributed by atoms with Gasteiger partial charge in [-0.3, -0.25) is 4.28 Å². The molecule has 0 unspecified atom stereocenters.